The molecule has 0 aliphatic carbocycles. The van der Waals surface area contributed by atoms with Gasteiger partial charge in [-0.3, -0.25) is 4.90 Å². The van der Waals surface area contributed by atoms with Crippen LogP contribution < -0.4 is 5.32 Å². The molecule has 0 spiro atoms. The van der Waals surface area contributed by atoms with Crippen LogP contribution in [0.3, 0.4) is 0 Å². The third kappa shape index (κ3) is 4.46. The minimum atomic E-state index is -2.98. The van der Waals surface area contributed by atoms with E-state index in [1.807, 2.05) is 0 Å². The lowest BCUT2D eigenvalue weighted by atomic mass is 10.3. The molecule has 1 aliphatic heterocycles. The van der Waals surface area contributed by atoms with E-state index >= 15 is 0 Å². The van der Waals surface area contributed by atoms with Gasteiger partial charge in [0.15, 0.2) is 0 Å². The molecule has 1 aliphatic rings. The Kier molecular flexibility index (Phi) is 4.98. The molecule has 0 aromatic carbocycles. The fourth-order valence-corrected chi connectivity index (χ4v) is 2.53. The molecule has 0 unspecified atom stereocenters. The summed E-state index contributed by atoms with van der Waals surface area (Å²) >= 11 is 0. The Bertz CT molecular complexity index is 271. The predicted molar refractivity (Wildman–Crippen MR) is 61.4 cm³/mol. The van der Waals surface area contributed by atoms with E-state index in [1.165, 1.54) is 6.26 Å². The van der Waals surface area contributed by atoms with E-state index in [9.17, 15) is 8.42 Å². The summed E-state index contributed by atoms with van der Waals surface area (Å²) in [4.78, 5) is 2.30. The molecule has 0 aromatic rings. The Labute approximate surface area is 92.5 Å². The zero-order valence-corrected chi connectivity index (χ0v) is 10.4. The third-order valence-corrected chi connectivity index (χ3v) is 3.96. The van der Waals surface area contributed by atoms with Crippen LogP contribution in [0, 0.1) is 0 Å². The van der Waals surface area contributed by atoms with E-state index in [-0.39, 0.29) is 0 Å². The molecule has 15 heavy (non-hydrogen) atoms. The number of hydrogen-bond acceptors (Lipinski definition) is 4. The van der Waals surface area contributed by atoms with Gasteiger partial charge in [-0.1, -0.05) is 6.92 Å². The zero-order valence-electron chi connectivity index (χ0n) is 9.57. The van der Waals surface area contributed by atoms with Gasteiger partial charge in [0, 0.05) is 39.3 Å². The first-order valence-corrected chi connectivity index (χ1v) is 7.27. The summed E-state index contributed by atoms with van der Waals surface area (Å²) in [5.41, 5.74) is 0. The van der Waals surface area contributed by atoms with E-state index in [0.717, 1.165) is 32.7 Å². The summed E-state index contributed by atoms with van der Waals surface area (Å²) in [5, 5.41) is 3.26. The summed E-state index contributed by atoms with van der Waals surface area (Å²) in [5.74, 6) is 0. The molecule has 0 radical (unpaired) electrons. The maximum atomic E-state index is 11.2. The van der Waals surface area contributed by atoms with Crippen molar-refractivity contribution >= 4 is 10.0 Å². The lowest BCUT2D eigenvalue weighted by molar-refractivity contribution is 0.190. The van der Waals surface area contributed by atoms with Crippen LogP contribution in [0.15, 0.2) is 0 Å². The average molecular weight is 235 g/mol. The smallest absolute Gasteiger partial charge is 0.211 e. The average Bonchev–Trinajstić information content (AvgIpc) is 2.18. The molecule has 1 rings (SSSR count). The largest absolute Gasteiger partial charge is 0.316 e. The van der Waals surface area contributed by atoms with Crippen molar-refractivity contribution in [3.63, 3.8) is 0 Å². The van der Waals surface area contributed by atoms with Crippen molar-refractivity contribution in [2.45, 2.75) is 6.92 Å². The van der Waals surface area contributed by atoms with Crippen molar-refractivity contribution in [1.82, 2.24) is 14.5 Å². The maximum Gasteiger partial charge on any atom is 0.211 e. The van der Waals surface area contributed by atoms with Crippen LogP contribution in [-0.2, 0) is 10.0 Å². The van der Waals surface area contributed by atoms with Crippen molar-refractivity contribution in [2.75, 3.05) is 52.1 Å². The van der Waals surface area contributed by atoms with Gasteiger partial charge in [-0.05, 0) is 6.54 Å². The minimum Gasteiger partial charge on any atom is -0.316 e. The lowest BCUT2D eigenvalue weighted by Crippen LogP contribution is -2.49. The number of nitrogens with zero attached hydrogens (tertiary/aromatic N) is 2. The lowest BCUT2D eigenvalue weighted by Gasteiger charge is -2.33. The number of nitrogens with one attached hydrogen (secondary N) is 1. The highest BCUT2D eigenvalue weighted by molar-refractivity contribution is 7.88. The number of sulfonamides is 1. The second-order valence-corrected chi connectivity index (χ2v) is 5.84. The normalized spacial score (nSPS) is 20.7. The van der Waals surface area contributed by atoms with Gasteiger partial charge in [0.05, 0.1) is 6.26 Å². The molecule has 0 bridgehead atoms. The van der Waals surface area contributed by atoms with Crippen LogP contribution in [0.5, 0.6) is 0 Å². The maximum absolute atomic E-state index is 11.2. The number of hydrogen-bond donors (Lipinski definition) is 1. The van der Waals surface area contributed by atoms with Crippen LogP contribution in [-0.4, -0.2) is 69.7 Å². The molecule has 0 saturated carbocycles. The molecular formula is C9H21N3O2S. The molecule has 1 saturated heterocycles. The van der Waals surface area contributed by atoms with Gasteiger partial charge in [0.1, 0.15) is 0 Å². The van der Waals surface area contributed by atoms with Crippen LogP contribution >= 0.6 is 0 Å². The van der Waals surface area contributed by atoms with Gasteiger partial charge in [0.2, 0.25) is 10.0 Å². The highest BCUT2D eigenvalue weighted by Gasteiger charge is 2.22. The molecule has 90 valence electrons. The predicted octanol–water partition coefficient (Wildman–Crippen LogP) is -0.827. The highest BCUT2D eigenvalue weighted by atomic mass is 32.2. The summed E-state index contributed by atoms with van der Waals surface area (Å²) in [6, 6.07) is 0. The van der Waals surface area contributed by atoms with Crippen molar-refractivity contribution in [3.05, 3.63) is 0 Å². The minimum absolute atomic E-state index is 0.630. The van der Waals surface area contributed by atoms with Crippen LogP contribution in [0.25, 0.3) is 0 Å². The molecule has 0 amide bonds. The number of piperazine rings is 1. The van der Waals surface area contributed by atoms with E-state index in [0.29, 0.717) is 13.1 Å². The summed E-state index contributed by atoms with van der Waals surface area (Å²) < 4.78 is 24.0. The van der Waals surface area contributed by atoms with Crippen LogP contribution in [0.4, 0.5) is 0 Å². The van der Waals surface area contributed by atoms with Crippen LogP contribution in [0.2, 0.25) is 0 Å². The monoisotopic (exact) mass is 235 g/mol. The Balaban J connectivity index is 2.24. The Morgan fingerprint density at radius 2 is 1.80 bits per heavy atom. The van der Waals surface area contributed by atoms with Crippen molar-refractivity contribution in [2.24, 2.45) is 0 Å². The van der Waals surface area contributed by atoms with Crippen LogP contribution in [0.1, 0.15) is 6.92 Å². The van der Waals surface area contributed by atoms with Gasteiger partial charge in [-0.15, -0.1) is 0 Å². The van der Waals surface area contributed by atoms with Crippen molar-refractivity contribution in [3.8, 4) is 0 Å². The molecule has 0 atom stereocenters. The van der Waals surface area contributed by atoms with Gasteiger partial charge in [0.25, 0.3) is 0 Å². The first-order chi connectivity index (χ1) is 7.04. The van der Waals surface area contributed by atoms with Gasteiger partial charge < -0.3 is 5.32 Å². The molecular weight excluding hydrogens is 214 g/mol. The Hall–Kier alpha value is -0.170. The van der Waals surface area contributed by atoms with E-state index in [2.05, 4.69) is 17.1 Å². The van der Waals surface area contributed by atoms with E-state index in [1.54, 1.807) is 4.31 Å². The second kappa shape index (κ2) is 5.79. The fourth-order valence-electron chi connectivity index (χ4n) is 1.70. The van der Waals surface area contributed by atoms with Crippen molar-refractivity contribution < 1.29 is 8.42 Å². The summed E-state index contributed by atoms with van der Waals surface area (Å²) in [7, 11) is -2.98. The zero-order chi connectivity index (χ0) is 11.3. The Morgan fingerprint density at radius 3 is 2.27 bits per heavy atom. The topological polar surface area (TPSA) is 52.6 Å². The SMILES string of the molecule is CCNCCN1CCN(S(C)(=O)=O)CC1. The van der Waals surface area contributed by atoms with Crippen molar-refractivity contribution in [1.29, 1.82) is 0 Å². The first kappa shape index (κ1) is 12.9. The molecule has 1 fully saturated rings. The number of rotatable bonds is 5. The molecule has 1 heterocycles. The van der Waals surface area contributed by atoms with E-state index < -0.39 is 10.0 Å². The van der Waals surface area contributed by atoms with Gasteiger partial charge in [-0.2, -0.15) is 4.31 Å². The highest BCUT2D eigenvalue weighted by Crippen LogP contribution is 2.04. The molecule has 6 heteroatoms. The van der Waals surface area contributed by atoms with Gasteiger partial charge >= 0.3 is 0 Å². The quantitative estimate of drug-likeness (QED) is 0.632. The first-order valence-electron chi connectivity index (χ1n) is 5.42. The standard InChI is InChI=1S/C9H21N3O2S/c1-3-10-4-5-11-6-8-12(9-7-11)15(2,13)14/h10H,3-9H2,1-2H3. The molecule has 5 nitrogen and oxygen atoms in total. The fraction of sp³-hybridized carbons (Fsp3) is 1.00. The summed E-state index contributed by atoms with van der Waals surface area (Å²) in [6.45, 7) is 8.01. The van der Waals surface area contributed by atoms with E-state index in [4.69, 9.17) is 0 Å². The second-order valence-electron chi connectivity index (χ2n) is 3.86. The Morgan fingerprint density at radius 1 is 1.20 bits per heavy atom. The number of likely N-dealkylation sites (N-methyl/N-ethyl adjacent to an activating group) is 1. The third-order valence-electron chi connectivity index (χ3n) is 2.66. The van der Waals surface area contributed by atoms with Gasteiger partial charge in [-0.25, -0.2) is 8.42 Å². The molecule has 1 N–H and O–H groups in total. The summed E-state index contributed by atoms with van der Waals surface area (Å²) in [6.07, 6.45) is 1.28. The molecule has 0 aromatic heterocycles.